The molecule has 0 aromatic heterocycles. The van der Waals surface area contributed by atoms with Gasteiger partial charge in [0.05, 0.1) is 6.61 Å². The number of methoxy groups -OCH3 is 1. The third kappa shape index (κ3) is 6.04. The molecule has 114 valence electrons. The Balaban J connectivity index is 2.71. The van der Waals surface area contributed by atoms with Gasteiger partial charge in [0.25, 0.3) is 0 Å². The Morgan fingerprint density at radius 3 is 2.40 bits per heavy atom. The lowest BCUT2D eigenvalue weighted by Crippen LogP contribution is -2.38. The average molecular weight is 278 g/mol. The molecule has 1 unspecified atom stereocenters. The molecular formula is C17H30N2O. The SMILES string of the molecule is CCN(CCOC)C(CNCC(C)C)c1ccccc1. The Bertz CT molecular complexity index is 340. The van der Waals surface area contributed by atoms with E-state index in [0.29, 0.717) is 12.0 Å². The molecule has 1 atom stereocenters. The van der Waals surface area contributed by atoms with Crippen molar-refractivity contribution in [2.45, 2.75) is 26.8 Å². The van der Waals surface area contributed by atoms with E-state index in [1.54, 1.807) is 7.11 Å². The molecule has 1 rings (SSSR count). The number of hydrogen-bond acceptors (Lipinski definition) is 3. The lowest BCUT2D eigenvalue weighted by atomic mass is 10.0. The summed E-state index contributed by atoms with van der Waals surface area (Å²) in [6.45, 7) is 11.5. The molecule has 20 heavy (non-hydrogen) atoms. The van der Waals surface area contributed by atoms with Gasteiger partial charge in [0.2, 0.25) is 0 Å². The van der Waals surface area contributed by atoms with Gasteiger partial charge in [0.15, 0.2) is 0 Å². The van der Waals surface area contributed by atoms with Gasteiger partial charge in [-0.2, -0.15) is 0 Å². The molecule has 3 nitrogen and oxygen atoms in total. The van der Waals surface area contributed by atoms with Crippen LogP contribution in [0.5, 0.6) is 0 Å². The molecule has 1 aromatic carbocycles. The Kier molecular flexibility index (Phi) is 8.51. The smallest absolute Gasteiger partial charge is 0.0589 e. The highest BCUT2D eigenvalue weighted by molar-refractivity contribution is 5.19. The average Bonchev–Trinajstić information content (AvgIpc) is 2.46. The van der Waals surface area contributed by atoms with E-state index in [1.165, 1.54) is 5.56 Å². The van der Waals surface area contributed by atoms with E-state index in [-0.39, 0.29) is 0 Å². The molecule has 0 aliphatic heterocycles. The molecule has 1 aromatic rings. The molecule has 0 radical (unpaired) electrons. The molecule has 0 saturated heterocycles. The zero-order valence-corrected chi connectivity index (χ0v) is 13.4. The fourth-order valence-corrected chi connectivity index (χ4v) is 2.38. The summed E-state index contributed by atoms with van der Waals surface area (Å²) in [5.41, 5.74) is 1.38. The molecule has 3 heteroatoms. The minimum Gasteiger partial charge on any atom is -0.383 e. The second-order valence-corrected chi connectivity index (χ2v) is 5.60. The van der Waals surface area contributed by atoms with E-state index < -0.39 is 0 Å². The predicted molar refractivity (Wildman–Crippen MR) is 86.0 cm³/mol. The molecule has 0 fully saturated rings. The molecule has 0 bridgehead atoms. The van der Waals surface area contributed by atoms with E-state index >= 15 is 0 Å². The van der Waals surface area contributed by atoms with Crippen molar-refractivity contribution in [1.29, 1.82) is 0 Å². The van der Waals surface area contributed by atoms with Crippen molar-refractivity contribution in [3.05, 3.63) is 35.9 Å². The Hall–Kier alpha value is -0.900. The Morgan fingerprint density at radius 1 is 1.15 bits per heavy atom. The zero-order valence-electron chi connectivity index (χ0n) is 13.4. The highest BCUT2D eigenvalue weighted by Gasteiger charge is 2.18. The van der Waals surface area contributed by atoms with Crippen LogP contribution >= 0.6 is 0 Å². The van der Waals surface area contributed by atoms with Crippen molar-refractivity contribution in [3.8, 4) is 0 Å². The van der Waals surface area contributed by atoms with Crippen LogP contribution < -0.4 is 5.32 Å². The molecule has 0 aliphatic rings. The van der Waals surface area contributed by atoms with Crippen LogP contribution in [0.15, 0.2) is 30.3 Å². The number of nitrogens with zero attached hydrogens (tertiary/aromatic N) is 1. The molecule has 0 spiro atoms. The summed E-state index contributed by atoms with van der Waals surface area (Å²) in [5.74, 6) is 0.681. The molecule has 1 N–H and O–H groups in total. The third-order valence-corrected chi connectivity index (χ3v) is 3.50. The van der Waals surface area contributed by atoms with Gasteiger partial charge >= 0.3 is 0 Å². The number of hydrogen-bond donors (Lipinski definition) is 1. The largest absolute Gasteiger partial charge is 0.383 e. The summed E-state index contributed by atoms with van der Waals surface area (Å²) in [5, 5.41) is 3.59. The Labute approximate surface area is 124 Å². The van der Waals surface area contributed by atoms with Gasteiger partial charge in [-0.15, -0.1) is 0 Å². The third-order valence-electron chi connectivity index (χ3n) is 3.50. The van der Waals surface area contributed by atoms with Crippen molar-refractivity contribution >= 4 is 0 Å². The van der Waals surface area contributed by atoms with Crippen LogP contribution in [0.25, 0.3) is 0 Å². The molecular weight excluding hydrogens is 248 g/mol. The number of nitrogens with one attached hydrogen (secondary N) is 1. The standard InChI is InChI=1S/C17H30N2O/c1-5-19(11-12-20-4)17(14-18-13-15(2)3)16-9-7-6-8-10-16/h6-10,15,17-18H,5,11-14H2,1-4H3. The molecule has 0 heterocycles. The van der Waals surface area contributed by atoms with Gasteiger partial charge in [-0.1, -0.05) is 51.1 Å². The van der Waals surface area contributed by atoms with Gasteiger partial charge in [-0.25, -0.2) is 0 Å². The first-order valence-corrected chi connectivity index (χ1v) is 7.67. The molecule has 0 amide bonds. The number of ether oxygens (including phenoxy) is 1. The highest BCUT2D eigenvalue weighted by atomic mass is 16.5. The fourth-order valence-electron chi connectivity index (χ4n) is 2.38. The topological polar surface area (TPSA) is 24.5 Å². The maximum Gasteiger partial charge on any atom is 0.0589 e. The molecule has 0 aliphatic carbocycles. The fraction of sp³-hybridized carbons (Fsp3) is 0.647. The number of benzene rings is 1. The van der Waals surface area contributed by atoms with Crippen molar-refractivity contribution in [3.63, 3.8) is 0 Å². The van der Waals surface area contributed by atoms with Gasteiger partial charge in [-0.3, -0.25) is 4.90 Å². The van der Waals surface area contributed by atoms with Gasteiger partial charge < -0.3 is 10.1 Å². The quantitative estimate of drug-likeness (QED) is 0.712. The first-order chi connectivity index (χ1) is 9.69. The highest BCUT2D eigenvalue weighted by Crippen LogP contribution is 2.19. The van der Waals surface area contributed by atoms with Crippen LogP contribution in [0.4, 0.5) is 0 Å². The summed E-state index contributed by atoms with van der Waals surface area (Å²) in [6.07, 6.45) is 0. The number of likely N-dealkylation sites (N-methyl/N-ethyl adjacent to an activating group) is 1. The summed E-state index contributed by atoms with van der Waals surface area (Å²) in [6, 6.07) is 11.2. The van der Waals surface area contributed by atoms with Crippen LogP contribution in [-0.2, 0) is 4.74 Å². The summed E-state index contributed by atoms with van der Waals surface area (Å²) < 4.78 is 5.24. The van der Waals surface area contributed by atoms with Crippen molar-refractivity contribution in [2.24, 2.45) is 5.92 Å². The predicted octanol–water partition coefficient (Wildman–Crippen LogP) is 2.94. The van der Waals surface area contributed by atoms with Crippen LogP contribution in [-0.4, -0.2) is 44.8 Å². The summed E-state index contributed by atoms with van der Waals surface area (Å²) >= 11 is 0. The van der Waals surface area contributed by atoms with E-state index in [1.807, 2.05) is 0 Å². The van der Waals surface area contributed by atoms with Gasteiger partial charge in [-0.05, 0) is 24.6 Å². The van der Waals surface area contributed by atoms with Crippen LogP contribution in [0.3, 0.4) is 0 Å². The number of rotatable bonds is 10. The molecule has 0 saturated carbocycles. The maximum atomic E-state index is 5.24. The minimum absolute atomic E-state index is 0.412. The minimum atomic E-state index is 0.412. The van der Waals surface area contributed by atoms with E-state index in [0.717, 1.165) is 32.8 Å². The van der Waals surface area contributed by atoms with Gasteiger partial charge in [0.1, 0.15) is 0 Å². The first-order valence-electron chi connectivity index (χ1n) is 7.67. The normalized spacial score (nSPS) is 13.1. The van der Waals surface area contributed by atoms with Crippen molar-refractivity contribution < 1.29 is 4.74 Å². The van der Waals surface area contributed by atoms with Crippen molar-refractivity contribution in [1.82, 2.24) is 10.2 Å². The summed E-state index contributed by atoms with van der Waals surface area (Å²) in [4.78, 5) is 2.48. The van der Waals surface area contributed by atoms with Gasteiger partial charge in [0, 0.05) is 26.2 Å². The lowest BCUT2D eigenvalue weighted by Gasteiger charge is -2.31. The monoisotopic (exact) mass is 278 g/mol. The van der Waals surface area contributed by atoms with Crippen LogP contribution in [0.2, 0.25) is 0 Å². The van der Waals surface area contributed by atoms with Crippen LogP contribution in [0.1, 0.15) is 32.4 Å². The maximum absolute atomic E-state index is 5.24. The Morgan fingerprint density at radius 2 is 1.85 bits per heavy atom. The van der Waals surface area contributed by atoms with E-state index in [2.05, 4.69) is 61.3 Å². The van der Waals surface area contributed by atoms with Crippen molar-refractivity contribution in [2.75, 3.05) is 39.9 Å². The second-order valence-electron chi connectivity index (χ2n) is 5.60. The van der Waals surface area contributed by atoms with E-state index in [4.69, 9.17) is 4.74 Å². The zero-order chi connectivity index (χ0) is 14.8. The van der Waals surface area contributed by atoms with Crippen LogP contribution in [0, 0.1) is 5.92 Å². The van der Waals surface area contributed by atoms with E-state index in [9.17, 15) is 0 Å². The second kappa shape index (κ2) is 9.92. The first kappa shape index (κ1) is 17.2. The lowest BCUT2D eigenvalue weighted by molar-refractivity contribution is 0.122. The summed E-state index contributed by atoms with van der Waals surface area (Å²) in [7, 11) is 1.77.